The molecule has 3 nitrogen and oxygen atoms in total. The Labute approximate surface area is 95.8 Å². The van der Waals surface area contributed by atoms with Gasteiger partial charge in [0.25, 0.3) is 0 Å². The van der Waals surface area contributed by atoms with Gasteiger partial charge in [0.05, 0.1) is 9.67 Å². The number of halogens is 1. The molecule has 0 saturated heterocycles. The molecule has 1 aliphatic carbocycles. The highest BCUT2D eigenvalue weighted by Gasteiger charge is 2.24. The summed E-state index contributed by atoms with van der Waals surface area (Å²) in [6.07, 6.45) is 2.56. The van der Waals surface area contributed by atoms with Crippen LogP contribution in [0.5, 0.6) is 5.75 Å². The van der Waals surface area contributed by atoms with Crippen molar-refractivity contribution in [2.24, 2.45) is 5.73 Å². The Morgan fingerprint density at radius 1 is 1.50 bits per heavy atom. The van der Waals surface area contributed by atoms with Crippen LogP contribution in [-0.2, 0) is 0 Å². The van der Waals surface area contributed by atoms with Gasteiger partial charge in [0, 0.05) is 5.56 Å². The average molecular weight is 303 g/mol. The molecule has 1 aromatic rings. The number of amides is 1. The lowest BCUT2D eigenvalue weighted by atomic mass is 10.2. The van der Waals surface area contributed by atoms with Gasteiger partial charge in [-0.2, -0.15) is 0 Å². The third kappa shape index (κ3) is 2.17. The van der Waals surface area contributed by atoms with E-state index >= 15 is 0 Å². The van der Waals surface area contributed by atoms with E-state index < -0.39 is 5.91 Å². The first-order chi connectivity index (χ1) is 6.66. The Kier molecular flexibility index (Phi) is 2.62. The standard InChI is InChI=1S/C10H10INO2/c11-8-4-1-6(10(12)13)5-9(8)14-7-2-3-7/h1,4-5,7H,2-3H2,(H2,12,13). The number of ether oxygens (including phenoxy) is 1. The van der Waals surface area contributed by atoms with E-state index in [1.54, 1.807) is 12.1 Å². The van der Waals surface area contributed by atoms with E-state index in [1.807, 2.05) is 6.07 Å². The molecule has 1 saturated carbocycles. The number of hydrogen-bond donors (Lipinski definition) is 1. The van der Waals surface area contributed by atoms with Crippen molar-refractivity contribution in [3.8, 4) is 5.75 Å². The topological polar surface area (TPSA) is 52.3 Å². The minimum atomic E-state index is -0.415. The minimum Gasteiger partial charge on any atom is -0.489 e. The van der Waals surface area contributed by atoms with E-state index in [9.17, 15) is 4.79 Å². The predicted molar refractivity (Wildman–Crippen MR) is 61.3 cm³/mol. The van der Waals surface area contributed by atoms with E-state index in [0.717, 1.165) is 22.2 Å². The Morgan fingerprint density at radius 3 is 2.79 bits per heavy atom. The highest BCUT2D eigenvalue weighted by atomic mass is 127. The smallest absolute Gasteiger partial charge is 0.248 e. The Balaban J connectivity index is 2.26. The van der Waals surface area contributed by atoms with Gasteiger partial charge < -0.3 is 10.5 Å². The average Bonchev–Trinajstić information content (AvgIpc) is 2.92. The summed E-state index contributed by atoms with van der Waals surface area (Å²) in [6, 6.07) is 5.27. The molecule has 1 aliphatic rings. The highest BCUT2D eigenvalue weighted by molar-refractivity contribution is 14.1. The summed E-state index contributed by atoms with van der Waals surface area (Å²) in [5, 5.41) is 0. The molecule has 0 aliphatic heterocycles. The summed E-state index contributed by atoms with van der Waals surface area (Å²) in [7, 11) is 0. The van der Waals surface area contributed by atoms with Gasteiger partial charge in [-0.15, -0.1) is 0 Å². The molecule has 2 rings (SSSR count). The quantitative estimate of drug-likeness (QED) is 0.868. The number of nitrogens with two attached hydrogens (primary N) is 1. The molecule has 0 unspecified atom stereocenters. The number of benzene rings is 1. The lowest BCUT2D eigenvalue weighted by Gasteiger charge is -2.07. The Hall–Kier alpha value is -0.780. The van der Waals surface area contributed by atoms with Gasteiger partial charge in [-0.1, -0.05) is 0 Å². The molecule has 1 aromatic carbocycles. The molecule has 0 heterocycles. The maximum absolute atomic E-state index is 10.9. The number of carbonyl (C=O) groups is 1. The van der Waals surface area contributed by atoms with Crippen LogP contribution in [0, 0.1) is 3.57 Å². The van der Waals surface area contributed by atoms with Crippen LogP contribution in [0.25, 0.3) is 0 Å². The second-order valence-corrected chi connectivity index (χ2v) is 4.49. The van der Waals surface area contributed by atoms with Gasteiger partial charge in [0.2, 0.25) is 5.91 Å². The van der Waals surface area contributed by atoms with Crippen LogP contribution < -0.4 is 10.5 Å². The van der Waals surface area contributed by atoms with Crippen molar-refractivity contribution >= 4 is 28.5 Å². The molecule has 2 N–H and O–H groups in total. The maximum Gasteiger partial charge on any atom is 0.248 e. The van der Waals surface area contributed by atoms with Crippen molar-refractivity contribution in [2.75, 3.05) is 0 Å². The van der Waals surface area contributed by atoms with E-state index in [2.05, 4.69) is 22.6 Å². The zero-order valence-electron chi connectivity index (χ0n) is 7.50. The highest BCUT2D eigenvalue weighted by Crippen LogP contribution is 2.30. The first kappa shape index (κ1) is 9.76. The van der Waals surface area contributed by atoms with Gasteiger partial charge in [-0.05, 0) is 53.6 Å². The SMILES string of the molecule is NC(=O)c1ccc(I)c(OC2CC2)c1. The molecule has 0 bridgehead atoms. The first-order valence-electron chi connectivity index (χ1n) is 4.43. The summed E-state index contributed by atoms with van der Waals surface area (Å²) in [5.41, 5.74) is 5.68. The Morgan fingerprint density at radius 2 is 2.21 bits per heavy atom. The van der Waals surface area contributed by atoms with Crippen molar-refractivity contribution in [1.82, 2.24) is 0 Å². The van der Waals surface area contributed by atoms with Gasteiger partial charge in [0.1, 0.15) is 5.75 Å². The van der Waals surface area contributed by atoms with E-state index in [-0.39, 0.29) is 0 Å². The van der Waals surface area contributed by atoms with Crippen LogP contribution in [0.4, 0.5) is 0 Å². The Bertz CT molecular complexity index is 374. The summed E-state index contributed by atoms with van der Waals surface area (Å²) >= 11 is 2.18. The second kappa shape index (κ2) is 3.76. The van der Waals surface area contributed by atoms with Crippen LogP contribution in [0.2, 0.25) is 0 Å². The summed E-state index contributed by atoms with van der Waals surface area (Å²) in [4.78, 5) is 10.9. The predicted octanol–water partition coefficient (Wildman–Crippen LogP) is 1.93. The van der Waals surface area contributed by atoms with Crippen molar-refractivity contribution in [3.63, 3.8) is 0 Å². The normalized spacial score (nSPS) is 15.2. The molecule has 0 spiro atoms. The van der Waals surface area contributed by atoms with Crippen molar-refractivity contribution in [1.29, 1.82) is 0 Å². The van der Waals surface area contributed by atoms with Gasteiger partial charge in [-0.3, -0.25) is 4.79 Å². The molecule has 74 valence electrons. The molecule has 1 fully saturated rings. The van der Waals surface area contributed by atoms with Crippen LogP contribution in [-0.4, -0.2) is 12.0 Å². The van der Waals surface area contributed by atoms with E-state index in [1.165, 1.54) is 0 Å². The van der Waals surface area contributed by atoms with Crippen molar-refractivity contribution in [2.45, 2.75) is 18.9 Å². The fraction of sp³-hybridized carbons (Fsp3) is 0.300. The number of primary amides is 1. The summed E-state index contributed by atoms with van der Waals surface area (Å²) in [6.45, 7) is 0. The number of carbonyl (C=O) groups excluding carboxylic acids is 1. The van der Waals surface area contributed by atoms with Gasteiger partial charge in [0.15, 0.2) is 0 Å². The lowest BCUT2D eigenvalue weighted by Crippen LogP contribution is -2.11. The van der Waals surface area contributed by atoms with Gasteiger partial charge >= 0.3 is 0 Å². The first-order valence-corrected chi connectivity index (χ1v) is 5.50. The third-order valence-corrected chi connectivity index (χ3v) is 2.92. The molecule has 0 aromatic heterocycles. The molecule has 14 heavy (non-hydrogen) atoms. The number of hydrogen-bond acceptors (Lipinski definition) is 2. The van der Waals surface area contributed by atoms with Crippen LogP contribution in [0.3, 0.4) is 0 Å². The minimum absolute atomic E-state index is 0.339. The molecule has 1 amide bonds. The fourth-order valence-corrected chi connectivity index (χ4v) is 1.58. The third-order valence-electron chi connectivity index (χ3n) is 2.03. The fourth-order valence-electron chi connectivity index (χ4n) is 1.11. The monoisotopic (exact) mass is 303 g/mol. The van der Waals surface area contributed by atoms with Crippen LogP contribution in [0.15, 0.2) is 18.2 Å². The zero-order valence-corrected chi connectivity index (χ0v) is 9.65. The van der Waals surface area contributed by atoms with Crippen molar-refractivity contribution < 1.29 is 9.53 Å². The molecule has 4 heteroatoms. The zero-order chi connectivity index (χ0) is 10.1. The maximum atomic E-state index is 10.9. The summed E-state index contributed by atoms with van der Waals surface area (Å²) < 4.78 is 6.65. The number of rotatable bonds is 3. The molecule has 0 atom stereocenters. The molecular weight excluding hydrogens is 293 g/mol. The van der Waals surface area contributed by atoms with Crippen LogP contribution >= 0.6 is 22.6 Å². The lowest BCUT2D eigenvalue weighted by molar-refractivity contribution is 0.0999. The van der Waals surface area contributed by atoms with E-state index in [4.69, 9.17) is 10.5 Å². The largest absolute Gasteiger partial charge is 0.489 e. The van der Waals surface area contributed by atoms with Crippen molar-refractivity contribution in [3.05, 3.63) is 27.3 Å². The van der Waals surface area contributed by atoms with Gasteiger partial charge in [-0.25, -0.2) is 0 Å². The van der Waals surface area contributed by atoms with Crippen LogP contribution in [0.1, 0.15) is 23.2 Å². The summed E-state index contributed by atoms with van der Waals surface area (Å²) in [5.74, 6) is 0.353. The molecule has 0 radical (unpaired) electrons. The van der Waals surface area contributed by atoms with E-state index in [0.29, 0.717) is 11.7 Å². The second-order valence-electron chi connectivity index (χ2n) is 3.33. The molecular formula is C10H10INO2.